The third-order valence-electron chi connectivity index (χ3n) is 2.55. The Bertz CT molecular complexity index is 598. The second-order valence-corrected chi connectivity index (χ2v) is 5.33. The van der Waals surface area contributed by atoms with Crippen LogP contribution in [0.5, 0.6) is 0 Å². The molecule has 0 heterocycles. The van der Waals surface area contributed by atoms with Gasteiger partial charge in [0.15, 0.2) is 5.78 Å². The maximum absolute atomic E-state index is 13.9. The molecule has 2 rings (SSSR count). The molecule has 0 saturated heterocycles. The zero-order valence-electron chi connectivity index (χ0n) is 9.61. The van der Waals surface area contributed by atoms with Gasteiger partial charge in [0.2, 0.25) is 0 Å². The van der Waals surface area contributed by atoms with Gasteiger partial charge in [-0.1, -0.05) is 18.2 Å². The monoisotopic (exact) mass is 324 g/mol. The lowest BCUT2D eigenvalue weighted by Crippen LogP contribution is -2.06. The molecule has 0 fully saturated rings. The fourth-order valence-electron chi connectivity index (χ4n) is 1.66. The van der Waals surface area contributed by atoms with Gasteiger partial charge in [-0.15, -0.1) is 11.8 Å². The highest BCUT2D eigenvalue weighted by Crippen LogP contribution is 2.26. The normalized spacial score (nSPS) is 10.4. The SMILES string of the molecule is CSc1ccccc1C(=O)c1cccc(Br)c1F. The van der Waals surface area contributed by atoms with Crippen molar-refractivity contribution in [1.82, 2.24) is 0 Å². The molecule has 2 aromatic rings. The first-order valence-corrected chi connectivity index (χ1v) is 7.28. The molecular weight excluding hydrogens is 315 g/mol. The Morgan fingerprint density at radius 3 is 2.50 bits per heavy atom. The number of benzene rings is 2. The molecule has 0 N–H and O–H groups in total. The summed E-state index contributed by atoms with van der Waals surface area (Å²) in [6.45, 7) is 0. The van der Waals surface area contributed by atoms with Crippen LogP contribution in [0.1, 0.15) is 15.9 Å². The topological polar surface area (TPSA) is 17.1 Å². The maximum atomic E-state index is 13.9. The summed E-state index contributed by atoms with van der Waals surface area (Å²) in [5.41, 5.74) is 0.618. The summed E-state index contributed by atoms with van der Waals surface area (Å²) in [5, 5.41) is 0. The molecule has 0 aliphatic carbocycles. The van der Waals surface area contributed by atoms with E-state index in [0.29, 0.717) is 10.0 Å². The Hall–Kier alpha value is -1.13. The van der Waals surface area contributed by atoms with Crippen molar-refractivity contribution in [2.45, 2.75) is 4.90 Å². The van der Waals surface area contributed by atoms with E-state index in [1.54, 1.807) is 24.3 Å². The predicted molar refractivity (Wildman–Crippen MR) is 75.8 cm³/mol. The molecule has 0 spiro atoms. The minimum absolute atomic E-state index is 0.0888. The van der Waals surface area contributed by atoms with Crippen LogP contribution in [0.3, 0.4) is 0 Å². The molecule has 0 unspecified atom stereocenters. The summed E-state index contributed by atoms with van der Waals surface area (Å²) in [4.78, 5) is 13.2. The number of thioether (sulfide) groups is 1. The van der Waals surface area contributed by atoms with Gasteiger partial charge in [0.1, 0.15) is 5.82 Å². The lowest BCUT2D eigenvalue weighted by Gasteiger charge is -2.07. The predicted octanol–water partition coefficient (Wildman–Crippen LogP) is 4.54. The maximum Gasteiger partial charge on any atom is 0.197 e. The van der Waals surface area contributed by atoms with Crippen molar-refractivity contribution in [3.8, 4) is 0 Å². The smallest absolute Gasteiger partial charge is 0.197 e. The molecule has 1 nitrogen and oxygen atoms in total. The average Bonchev–Trinajstić information content (AvgIpc) is 2.41. The average molecular weight is 325 g/mol. The molecular formula is C14H10BrFOS. The van der Waals surface area contributed by atoms with E-state index in [1.165, 1.54) is 17.8 Å². The third kappa shape index (κ3) is 2.49. The molecule has 0 atom stereocenters. The van der Waals surface area contributed by atoms with E-state index in [4.69, 9.17) is 0 Å². The zero-order valence-corrected chi connectivity index (χ0v) is 12.0. The molecule has 0 bridgehead atoms. The summed E-state index contributed by atoms with van der Waals surface area (Å²) in [5.74, 6) is -0.808. The molecule has 0 radical (unpaired) electrons. The van der Waals surface area contributed by atoms with Crippen LogP contribution in [0.25, 0.3) is 0 Å². The number of ketones is 1. The van der Waals surface area contributed by atoms with Crippen LogP contribution in [-0.4, -0.2) is 12.0 Å². The lowest BCUT2D eigenvalue weighted by atomic mass is 10.0. The van der Waals surface area contributed by atoms with Gasteiger partial charge >= 0.3 is 0 Å². The van der Waals surface area contributed by atoms with Gasteiger partial charge in [0.25, 0.3) is 0 Å². The Balaban J connectivity index is 2.52. The molecule has 92 valence electrons. The van der Waals surface area contributed by atoms with Gasteiger partial charge in [0, 0.05) is 10.5 Å². The largest absolute Gasteiger partial charge is 0.288 e. The molecule has 0 amide bonds. The summed E-state index contributed by atoms with van der Waals surface area (Å²) in [7, 11) is 0. The van der Waals surface area contributed by atoms with Crippen molar-refractivity contribution in [3.63, 3.8) is 0 Å². The van der Waals surface area contributed by atoms with Crippen LogP contribution < -0.4 is 0 Å². The number of carbonyl (C=O) groups excluding carboxylic acids is 1. The van der Waals surface area contributed by atoms with Crippen molar-refractivity contribution in [2.75, 3.05) is 6.26 Å². The van der Waals surface area contributed by atoms with E-state index in [9.17, 15) is 9.18 Å². The first-order valence-electron chi connectivity index (χ1n) is 5.27. The molecule has 0 saturated carbocycles. The standard InChI is InChI=1S/C14H10BrFOS/c1-18-12-8-3-2-5-9(12)14(17)10-6-4-7-11(15)13(10)16/h2-8H,1H3. The Kier molecular flexibility index (Phi) is 4.19. The van der Waals surface area contributed by atoms with E-state index >= 15 is 0 Å². The van der Waals surface area contributed by atoms with Gasteiger partial charge in [-0.25, -0.2) is 4.39 Å². The first-order chi connectivity index (χ1) is 8.65. The summed E-state index contributed by atoms with van der Waals surface area (Å²) in [6.07, 6.45) is 1.89. The fraction of sp³-hybridized carbons (Fsp3) is 0.0714. The zero-order chi connectivity index (χ0) is 13.1. The number of hydrogen-bond acceptors (Lipinski definition) is 2. The summed E-state index contributed by atoms with van der Waals surface area (Å²) >= 11 is 4.56. The fourth-order valence-corrected chi connectivity index (χ4v) is 2.62. The van der Waals surface area contributed by atoms with Crippen molar-refractivity contribution < 1.29 is 9.18 Å². The lowest BCUT2D eigenvalue weighted by molar-refractivity contribution is 0.103. The highest BCUT2D eigenvalue weighted by atomic mass is 79.9. The van der Waals surface area contributed by atoms with E-state index in [-0.39, 0.29) is 11.3 Å². The molecule has 2 aromatic carbocycles. The Labute approximate surface area is 118 Å². The molecule has 0 aliphatic heterocycles. The second-order valence-electron chi connectivity index (χ2n) is 3.63. The van der Waals surface area contributed by atoms with Crippen LogP contribution >= 0.6 is 27.7 Å². The molecule has 0 aliphatic rings. The number of halogens is 2. The number of hydrogen-bond donors (Lipinski definition) is 0. The van der Waals surface area contributed by atoms with E-state index in [0.717, 1.165) is 4.90 Å². The minimum atomic E-state index is -0.515. The molecule has 0 aromatic heterocycles. The van der Waals surface area contributed by atoms with Crippen molar-refractivity contribution in [1.29, 1.82) is 0 Å². The highest BCUT2D eigenvalue weighted by molar-refractivity contribution is 9.10. The summed E-state index contributed by atoms with van der Waals surface area (Å²) < 4.78 is 14.2. The van der Waals surface area contributed by atoms with Crippen LogP contribution in [0, 0.1) is 5.82 Å². The molecule has 18 heavy (non-hydrogen) atoms. The van der Waals surface area contributed by atoms with Crippen LogP contribution in [0.4, 0.5) is 4.39 Å². The van der Waals surface area contributed by atoms with E-state index in [2.05, 4.69) is 15.9 Å². The van der Waals surface area contributed by atoms with Gasteiger partial charge in [-0.05, 0) is 46.5 Å². The first kappa shape index (κ1) is 13.3. The quantitative estimate of drug-likeness (QED) is 0.609. The Morgan fingerprint density at radius 2 is 1.78 bits per heavy atom. The summed E-state index contributed by atoms with van der Waals surface area (Å²) in [6, 6.07) is 11.9. The van der Waals surface area contributed by atoms with Gasteiger partial charge < -0.3 is 0 Å². The Morgan fingerprint density at radius 1 is 1.11 bits per heavy atom. The number of carbonyl (C=O) groups is 1. The van der Waals surface area contributed by atoms with Crippen molar-refractivity contribution in [3.05, 3.63) is 63.9 Å². The van der Waals surface area contributed by atoms with Gasteiger partial charge in [-0.2, -0.15) is 0 Å². The van der Waals surface area contributed by atoms with Gasteiger partial charge in [0.05, 0.1) is 10.0 Å². The van der Waals surface area contributed by atoms with E-state index < -0.39 is 5.82 Å². The van der Waals surface area contributed by atoms with Crippen molar-refractivity contribution in [2.24, 2.45) is 0 Å². The van der Waals surface area contributed by atoms with Crippen LogP contribution in [-0.2, 0) is 0 Å². The van der Waals surface area contributed by atoms with Crippen LogP contribution in [0.2, 0.25) is 0 Å². The van der Waals surface area contributed by atoms with Crippen molar-refractivity contribution >= 4 is 33.5 Å². The number of rotatable bonds is 3. The molecule has 4 heteroatoms. The minimum Gasteiger partial charge on any atom is -0.288 e. The van der Waals surface area contributed by atoms with E-state index in [1.807, 2.05) is 18.4 Å². The highest BCUT2D eigenvalue weighted by Gasteiger charge is 2.17. The van der Waals surface area contributed by atoms with Crippen LogP contribution in [0.15, 0.2) is 51.8 Å². The third-order valence-corrected chi connectivity index (χ3v) is 3.96. The van der Waals surface area contributed by atoms with Gasteiger partial charge in [-0.3, -0.25) is 4.79 Å². The second kappa shape index (κ2) is 5.67.